The predicted molar refractivity (Wildman–Crippen MR) is 82.9 cm³/mol. The van der Waals surface area contributed by atoms with Gasteiger partial charge in [0.25, 0.3) is 0 Å². The van der Waals surface area contributed by atoms with E-state index in [0.717, 1.165) is 30.3 Å². The van der Waals surface area contributed by atoms with Crippen molar-refractivity contribution in [2.75, 3.05) is 23.7 Å². The molecule has 1 saturated carbocycles. The molecule has 0 aromatic carbocycles. The summed E-state index contributed by atoms with van der Waals surface area (Å²) in [6.45, 7) is 6.20. The van der Waals surface area contributed by atoms with Gasteiger partial charge in [0.05, 0.1) is 0 Å². The summed E-state index contributed by atoms with van der Waals surface area (Å²) in [5, 5.41) is 0. The van der Waals surface area contributed by atoms with E-state index in [1.165, 1.54) is 44.9 Å². The molecule has 4 heteroatoms. The molecule has 4 nitrogen and oxygen atoms in total. The van der Waals surface area contributed by atoms with Gasteiger partial charge in [-0.05, 0) is 44.9 Å². The summed E-state index contributed by atoms with van der Waals surface area (Å²) in [7, 11) is 0. The van der Waals surface area contributed by atoms with Crippen molar-refractivity contribution in [3.05, 3.63) is 11.4 Å². The van der Waals surface area contributed by atoms with Crippen LogP contribution in [0.3, 0.4) is 0 Å². The van der Waals surface area contributed by atoms with E-state index in [1.807, 2.05) is 13.8 Å². The van der Waals surface area contributed by atoms with E-state index in [2.05, 4.69) is 14.9 Å². The summed E-state index contributed by atoms with van der Waals surface area (Å²) < 4.78 is 0. The van der Waals surface area contributed by atoms with Crippen LogP contribution in [0.15, 0.2) is 0 Å². The fourth-order valence-corrected chi connectivity index (χ4v) is 3.94. The van der Waals surface area contributed by atoms with Gasteiger partial charge in [0.2, 0.25) is 0 Å². The Hall–Kier alpha value is -1.32. The number of hydrogen-bond acceptors (Lipinski definition) is 4. The number of nitrogens with two attached hydrogens (primary N) is 1. The second kappa shape index (κ2) is 5.23. The molecule has 1 spiro atoms. The Morgan fingerprint density at radius 2 is 1.60 bits per heavy atom. The number of rotatable bonds is 1. The molecule has 0 radical (unpaired) electrons. The van der Waals surface area contributed by atoms with E-state index in [9.17, 15) is 0 Å². The Labute approximate surface area is 121 Å². The van der Waals surface area contributed by atoms with E-state index >= 15 is 0 Å². The number of nitrogens with zero attached hydrogens (tertiary/aromatic N) is 3. The Bertz CT molecular complexity index is 481. The molecular formula is C16H26N4. The number of hydrogen-bond donors (Lipinski definition) is 1. The Morgan fingerprint density at radius 3 is 2.25 bits per heavy atom. The highest BCUT2D eigenvalue weighted by atomic mass is 15.2. The van der Waals surface area contributed by atoms with Gasteiger partial charge in [-0.1, -0.05) is 19.3 Å². The van der Waals surface area contributed by atoms with E-state index in [0.29, 0.717) is 11.2 Å². The molecule has 0 atom stereocenters. The van der Waals surface area contributed by atoms with Crippen molar-refractivity contribution in [2.24, 2.45) is 5.41 Å². The summed E-state index contributed by atoms with van der Waals surface area (Å²) in [6, 6.07) is 0. The van der Waals surface area contributed by atoms with Crippen LogP contribution in [0.2, 0.25) is 0 Å². The summed E-state index contributed by atoms with van der Waals surface area (Å²) in [5.74, 6) is 2.46. The third kappa shape index (κ3) is 2.48. The number of anilines is 2. The van der Waals surface area contributed by atoms with Crippen molar-refractivity contribution in [3.8, 4) is 0 Å². The van der Waals surface area contributed by atoms with Crippen LogP contribution in [0.25, 0.3) is 0 Å². The van der Waals surface area contributed by atoms with Gasteiger partial charge in [0.1, 0.15) is 17.5 Å². The third-order valence-electron chi connectivity index (χ3n) is 5.31. The maximum Gasteiger partial charge on any atom is 0.137 e. The summed E-state index contributed by atoms with van der Waals surface area (Å²) in [5.41, 5.74) is 7.66. The highest BCUT2D eigenvalue weighted by Crippen LogP contribution is 2.45. The highest BCUT2D eigenvalue weighted by Gasteiger charge is 2.36. The largest absolute Gasteiger partial charge is 0.383 e. The fraction of sp³-hybridized carbons (Fsp3) is 0.750. The van der Waals surface area contributed by atoms with Crippen LogP contribution in [0.5, 0.6) is 0 Å². The standard InChI is InChI=1S/C16H26N4/c1-12-14(17)18-13(2)19-15(12)20-10-8-16(9-11-20)6-4-3-5-7-16/h3-11H2,1-2H3,(H2,17,18,19). The number of piperidine rings is 1. The summed E-state index contributed by atoms with van der Waals surface area (Å²) >= 11 is 0. The Balaban J connectivity index is 1.75. The molecule has 0 bridgehead atoms. The van der Waals surface area contributed by atoms with Crippen LogP contribution < -0.4 is 10.6 Å². The fourth-order valence-electron chi connectivity index (χ4n) is 3.94. The van der Waals surface area contributed by atoms with E-state index in [1.54, 1.807) is 0 Å². The van der Waals surface area contributed by atoms with Crippen molar-refractivity contribution in [2.45, 2.75) is 58.8 Å². The first-order valence-electron chi connectivity index (χ1n) is 7.95. The monoisotopic (exact) mass is 274 g/mol. The Kier molecular flexibility index (Phi) is 3.57. The lowest BCUT2D eigenvalue weighted by Gasteiger charge is -2.45. The van der Waals surface area contributed by atoms with Crippen molar-refractivity contribution >= 4 is 11.6 Å². The number of aromatic nitrogens is 2. The SMILES string of the molecule is Cc1nc(N)c(C)c(N2CCC3(CCCCC3)CC2)n1. The zero-order valence-corrected chi connectivity index (χ0v) is 12.8. The lowest BCUT2D eigenvalue weighted by molar-refractivity contribution is 0.144. The molecule has 2 aliphatic rings. The lowest BCUT2D eigenvalue weighted by atomic mass is 9.68. The first-order chi connectivity index (χ1) is 9.60. The molecule has 2 N–H and O–H groups in total. The maximum absolute atomic E-state index is 5.99. The third-order valence-corrected chi connectivity index (χ3v) is 5.31. The van der Waals surface area contributed by atoms with Crippen LogP contribution >= 0.6 is 0 Å². The van der Waals surface area contributed by atoms with Crippen molar-refractivity contribution in [1.29, 1.82) is 0 Å². The van der Waals surface area contributed by atoms with Crippen molar-refractivity contribution < 1.29 is 0 Å². The molecule has 1 aliphatic carbocycles. The van der Waals surface area contributed by atoms with Crippen LogP contribution in [0.1, 0.15) is 56.3 Å². The molecule has 1 aromatic heterocycles. The average Bonchev–Trinajstić information content (AvgIpc) is 2.45. The normalized spacial score (nSPS) is 22.2. The molecule has 1 saturated heterocycles. The quantitative estimate of drug-likeness (QED) is 0.854. The minimum Gasteiger partial charge on any atom is -0.383 e. The smallest absolute Gasteiger partial charge is 0.137 e. The van der Waals surface area contributed by atoms with Crippen molar-refractivity contribution in [1.82, 2.24) is 9.97 Å². The van der Waals surface area contributed by atoms with Crippen LogP contribution in [-0.2, 0) is 0 Å². The van der Waals surface area contributed by atoms with Gasteiger partial charge in [-0.15, -0.1) is 0 Å². The van der Waals surface area contributed by atoms with E-state index in [-0.39, 0.29) is 0 Å². The first kappa shape index (κ1) is 13.7. The highest BCUT2D eigenvalue weighted by molar-refractivity contribution is 5.56. The van der Waals surface area contributed by atoms with Gasteiger partial charge in [-0.25, -0.2) is 9.97 Å². The van der Waals surface area contributed by atoms with Gasteiger partial charge in [0, 0.05) is 18.7 Å². The predicted octanol–water partition coefficient (Wildman–Crippen LogP) is 3.23. The van der Waals surface area contributed by atoms with Gasteiger partial charge >= 0.3 is 0 Å². The maximum atomic E-state index is 5.99. The van der Waals surface area contributed by atoms with Gasteiger partial charge in [-0.3, -0.25) is 0 Å². The lowest BCUT2D eigenvalue weighted by Crippen LogP contribution is -2.41. The summed E-state index contributed by atoms with van der Waals surface area (Å²) in [6.07, 6.45) is 9.80. The van der Waals surface area contributed by atoms with Crippen molar-refractivity contribution in [3.63, 3.8) is 0 Å². The molecule has 2 heterocycles. The molecular weight excluding hydrogens is 248 g/mol. The van der Waals surface area contributed by atoms with Gasteiger partial charge in [-0.2, -0.15) is 0 Å². The topological polar surface area (TPSA) is 55.0 Å². The second-order valence-corrected chi connectivity index (χ2v) is 6.65. The number of aryl methyl sites for hydroxylation is 1. The molecule has 20 heavy (non-hydrogen) atoms. The van der Waals surface area contributed by atoms with Crippen LogP contribution in [0.4, 0.5) is 11.6 Å². The summed E-state index contributed by atoms with van der Waals surface area (Å²) in [4.78, 5) is 11.3. The van der Waals surface area contributed by atoms with Crippen LogP contribution in [-0.4, -0.2) is 23.1 Å². The molecule has 0 unspecified atom stereocenters. The second-order valence-electron chi connectivity index (χ2n) is 6.65. The molecule has 0 amide bonds. The average molecular weight is 274 g/mol. The number of nitrogen functional groups attached to an aromatic ring is 1. The molecule has 3 rings (SSSR count). The minimum atomic E-state index is 0.630. The minimum absolute atomic E-state index is 0.630. The van der Waals surface area contributed by atoms with Gasteiger partial charge < -0.3 is 10.6 Å². The Morgan fingerprint density at radius 1 is 0.950 bits per heavy atom. The molecule has 2 fully saturated rings. The van der Waals surface area contributed by atoms with E-state index in [4.69, 9.17) is 5.73 Å². The zero-order chi connectivity index (χ0) is 14.2. The molecule has 110 valence electrons. The van der Waals surface area contributed by atoms with Gasteiger partial charge in [0.15, 0.2) is 0 Å². The zero-order valence-electron chi connectivity index (χ0n) is 12.8. The van der Waals surface area contributed by atoms with E-state index < -0.39 is 0 Å². The van der Waals surface area contributed by atoms with Crippen LogP contribution in [0, 0.1) is 19.3 Å². The molecule has 1 aromatic rings. The molecule has 1 aliphatic heterocycles. The first-order valence-corrected chi connectivity index (χ1v) is 7.95.